The molecule has 1 aliphatic heterocycles. The second kappa shape index (κ2) is 6.33. The van der Waals surface area contributed by atoms with Crippen LogP contribution in [-0.2, 0) is 0 Å². The number of ether oxygens (including phenoxy) is 1. The van der Waals surface area contributed by atoms with Crippen LogP contribution in [0.1, 0.15) is 23.3 Å². The van der Waals surface area contributed by atoms with Crippen LogP contribution in [0, 0.1) is 0 Å². The second-order valence-electron chi connectivity index (χ2n) is 6.80. The number of carbonyl (C=O) groups is 1. The van der Waals surface area contributed by atoms with E-state index in [0.717, 1.165) is 18.4 Å². The summed E-state index contributed by atoms with van der Waals surface area (Å²) in [4.78, 5) is 23.5. The molecule has 0 aromatic carbocycles. The lowest BCUT2D eigenvalue weighted by Crippen LogP contribution is -2.49. The van der Waals surface area contributed by atoms with E-state index in [1.165, 1.54) is 12.5 Å². The van der Waals surface area contributed by atoms with Gasteiger partial charge in [0.05, 0.1) is 7.11 Å². The van der Waals surface area contributed by atoms with Crippen molar-refractivity contribution in [1.29, 1.82) is 0 Å². The lowest BCUT2D eigenvalue weighted by Gasteiger charge is -2.22. The highest BCUT2D eigenvalue weighted by atomic mass is 28.3. The maximum Gasteiger partial charge on any atom is 0.268 e. The van der Waals surface area contributed by atoms with Crippen molar-refractivity contribution in [3.05, 3.63) is 23.9 Å². The van der Waals surface area contributed by atoms with Crippen LogP contribution in [0.25, 0.3) is 11.0 Å². The zero-order valence-electron chi connectivity index (χ0n) is 13.9. The number of H-pyrrole nitrogens is 1. The molecule has 3 heterocycles. The standard InChI is InChI=1S/C16H24N4O2Si/c1-22-14-7-6-11-9-13(19-15(11)20-14)16(21)18-12-5-4-8-23(2,3)17-10-12/h6-7,9,12,17H,4-5,8,10H2,1-3H3,(H,18,21)(H,19,20)/t12-/m1/s1. The molecule has 2 aromatic heterocycles. The number of nitrogens with one attached hydrogen (secondary N) is 3. The van der Waals surface area contributed by atoms with Crippen LogP contribution in [0.15, 0.2) is 18.2 Å². The van der Waals surface area contributed by atoms with Crippen LogP contribution in [-0.4, -0.2) is 43.8 Å². The largest absolute Gasteiger partial charge is 0.481 e. The molecule has 2 aromatic rings. The summed E-state index contributed by atoms with van der Waals surface area (Å²) < 4.78 is 5.11. The monoisotopic (exact) mass is 332 g/mol. The lowest BCUT2D eigenvalue weighted by atomic mass is 10.1. The highest BCUT2D eigenvalue weighted by molar-refractivity contribution is 6.75. The van der Waals surface area contributed by atoms with Crippen LogP contribution in [0.4, 0.5) is 0 Å². The summed E-state index contributed by atoms with van der Waals surface area (Å²) >= 11 is 0. The van der Waals surface area contributed by atoms with Crippen molar-refractivity contribution in [3.63, 3.8) is 0 Å². The molecular formula is C16H24N4O2Si. The lowest BCUT2D eigenvalue weighted by molar-refractivity contribution is 0.0931. The number of nitrogens with zero attached hydrogens (tertiary/aromatic N) is 1. The normalized spacial score (nSPS) is 20.9. The number of fused-ring (bicyclic) bond motifs is 1. The fraction of sp³-hybridized carbons (Fsp3) is 0.500. The molecule has 0 radical (unpaired) electrons. The molecule has 3 rings (SSSR count). The molecule has 0 aliphatic carbocycles. The maximum atomic E-state index is 12.5. The minimum absolute atomic E-state index is 0.0739. The van der Waals surface area contributed by atoms with Gasteiger partial charge in [0.1, 0.15) is 19.6 Å². The Balaban J connectivity index is 1.70. The average molecular weight is 332 g/mol. The number of pyridine rings is 1. The van der Waals surface area contributed by atoms with Gasteiger partial charge in [-0.25, -0.2) is 0 Å². The van der Waals surface area contributed by atoms with Gasteiger partial charge in [0.2, 0.25) is 5.88 Å². The summed E-state index contributed by atoms with van der Waals surface area (Å²) in [5, 5.41) is 4.04. The Morgan fingerprint density at radius 3 is 3.04 bits per heavy atom. The van der Waals surface area contributed by atoms with E-state index in [4.69, 9.17) is 4.74 Å². The van der Waals surface area contributed by atoms with Gasteiger partial charge in [-0.3, -0.25) is 4.79 Å². The Kier molecular flexibility index (Phi) is 4.41. The number of methoxy groups -OCH3 is 1. The number of hydrogen-bond donors (Lipinski definition) is 3. The topological polar surface area (TPSA) is 79.0 Å². The quantitative estimate of drug-likeness (QED) is 0.753. The van der Waals surface area contributed by atoms with Gasteiger partial charge in [-0.15, -0.1) is 0 Å². The minimum atomic E-state index is -1.28. The Labute approximate surface area is 137 Å². The van der Waals surface area contributed by atoms with Gasteiger partial charge in [-0.2, -0.15) is 4.98 Å². The van der Waals surface area contributed by atoms with E-state index in [-0.39, 0.29) is 11.9 Å². The first-order valence-electron chi connectivity index (χ1n) is 8.06. The zero-order chi connectivity index (χ0) is 16.4. The molecule has 0 spiro atoms. The number of rotatable bonds is 3. The molecule has 124 valence electrons. The molecule has 1 saturated heterocycles. The maximum absolute atomic E-state index is 12.5. The van der Waals surface area contributed by atoms with E-state index < -0.39 is 8.24 Å². The van der Waals surface area contributed by atoms with E-state index in [1.807, 2.05) is 12.1 Å². The van der Waals surface area contributed by atoms with Crippen molar-refractivity contribution in [2.24, 2.45) is 0 Å². The minimum Gasteiger partial charge on any atom is -0.481 e. The predicted octanol–water partition coefficient (Wildman–Crippen LogP) is 2.26. The molecule has 0 unspecified atom stereocenters. The van der Waals surface area contributed by atoms with Gasteiger partial charge >= 0.3 is 0 Å². The number of carbonyl (C=O) groups excluding carboxylic acids is 1. The molecular weight excluding hydrogens is 308 g/mol. The molecule has 1 amide bonds. The number of amides is 1. The van der Waals surface area contributed by atoms with Crippen molar-refractivity contribution in [1.82, 2.24) is 20.3 Å². The van der Waals surface area contributed by atoms with Crippen LogP contribution in [0.5, 0.6) is 5.88 Å². The van der Waals surface area contributed by atoms with Crippen LogP contribution in [0.3, 0.4) is 0 Å². The van der Waals surface area contributed by atoms with Crippen LogP contribution >= 0.6 is 0 Å². The molecule has 1 aliphatic rings. The molecule has 3 N–H and O–H groups in total. The Hall–Kier alpha value is -1.86. The molecule has 1 atom stereocenters. The Bertz CT molecular complexity index is 713. The fourth-order valence-corrected chi connectivity index (χ4v) is 5.05. The molecule has 1 fully saturated rings. The first-order chi connectivity index (χ1) is 11.0. The van der Waals surface area contributed by atoms with Crippen LogP contribution in [0.2, 0.25) is 19.1 Å². The molecule has 0 saturated carbocycles. The first-order valence-corrected chi connectivity index (χ1v) is 11.3. The van der Waals surface area contributed by atoms with Crippen molar-refractivity contribution < 1.29 is 9.53 Å². The summed E-state index contributed by atoms with van der Waals surface area (Å²) in [6, 6.07) is 6.97. The van der Waals surface area contributed by atoms with Gasteiger partial charge in [0.25, 0.3) is 5.91 Å². The van der Waals surface area contributed by atoms with Gasteiger partial charge in [-0.05, 0) is 24.6 Å². The summed E-state index contributed by atoms with van der Waals surface area (Å²) in [5.74, 6) is 0.460. The van der Waals surface area contributed by atoms with Gasteiger partial charge in [0.15, 0.2) is 0 Å². The van der Waals surface area contributed by atoms with Crippen molar-refractivity contribution in [2.45, 2.75) is 38.0 Å². The SMILES string of the molecule is COc1ccc2cc(C(=O)N[C@@H]3CCC[Si](C)(C)NC3)[nH]c2n1. The highest BCUT2D eigenvalue weighted by Crippen LogP contribution is 2.19. The van der Waals surface area contributed by atoms with E-state index in [9.17, 15) is 4.79 Å². The fourth-order valence-electron chi connectivity index (χ4n) is 2.99. The number of aromatic nitrogens is 2. The second-order valence-corrected chi connectivity index (χ2v) is 11.4. The van der Waals surface area contributed by atoms with Gasteiger partial charge < -0.3 is 20.0 Å². The van der Waals surface area contributed by atoms with Crippen molar-refractivity contribution in [3.8, 4) is 5.88 Å². The summed E-state index contributed by atoms with van der Waals surface area (Å²) in [7, 11) is 0.295. The van der Waals surface area contributed by atoms with Gasteiger partial charge in [0, 0.05) is 24.0 Å². The molecule has 7 heteroatoms. The zero-order valence-corrected chi connectivity index (χ0v) is 14.9. The summed E-state index contributed by atoms with van der Waals surface area (Å²) in [6.45, 7) is 5.54. The number of hydrogen-bond acceptors (Lipinski definition) is 4. The number of aromatic amines is 1. The highest BCUT2D eigenvalue weighted by Gasteiger charge is 2.26. The average Bonchev–Trinajstić information content (AvgIpc) is 2.87. The van der Waals surface area contributed by atoms with Crippen molar-refractivity contribution in [2.75, 3.05) is 13.7 Å². The van der Waals surface area contributed by atoms with E-state index in [2.05, 4.69) is 33.4 Å². The Morgan fingerprint density at radius 1 is 1.43 bits per heavy atom. The molecule has 23 heavy (non-hydrogen) atoms. The predicted molar refractivity (Wildman–Crippen MR) is 93.4 cm³/mol. The van der Waals surface area contributed by atoms with Gasteiger partial charge in [-0.1, -0.05) is 19.5 Å². The smallest absolute Gasteiger partial charge is 0.268 e. The first kappa shape index (κ1) is 16.0. The molecule has 0 bridgehead atoms. The third kappa shape index (κ3) is 3.73. The van der Waals surface area contributed by atoms with E-state index in [0.29, 0.717) is 17.2 Å². The third-order valence-corrected chi connectivity index (χ3v) is 7.19. The van der Waals surface area contributed by atoms with E-state index >= 15 is 0 Å². The summed E-state index contributed by atoms with van der Waals surface area (Å²) in [5.41, 5.74) is 1.21. The summed E-state index contributed by atoms with van der Waals surface area (Å²) in [6.07, 6.45) is 2.20. The third-order valence-electron chi connectivity index (χ3n) is 4.42. The van der Waals surface area contributed by atoms with E-state index in [1.54, 1.807) is 13.2 Å². The molecule has 6 nitrogen and oxygen atoms in total. The van der Waals surface area contributed by atoms with Crippen LogP contribution < -0.4 is 15.0 Å². The van der Waals surface area contributed by atoms with Crippen molar-refractivity contribution >= 4 is 25.2 Å². The Morgan fingerprint density at radius 2 is 2.26 bits per heavy atom.